The summed E-state index contributed by atoms with van der Waals surface area (Å²) in [6.45, 7) is 3.91. The van der Waals surface area contributed by atoms with Gasteiger partial charge < -0.3 is 15.8 Å². The van der Waals surface area contributed by atoms with Crippen molar-refractivity contribution >= 4 is 17.2 Å². The minimum absolute atomic E-state index is 0.119. The molecule has 6 heteroatoms. The molecule has 0 aromatic carbocycles. The summed E-state index contributed by atoms with van der Waals surface area (Å²) >= 11 is 1.42. The lowest BCUT2D eigenvalue weighted by molar-refractivity contribution is 0.0917. The van der Waals surface area contributed by atoms with Crippen LogP contribution in [0.25, 0.3) is 0 Å². The molecule has 0 saturated carbocycles. The van der Waals surface area contributed by atoms with Gasteiger partial charge in [0.25, 0.3) is 5.91 Å². The Morgan fingerprint density at radius 1 is 1.82 bits per heavy atom. The number of nitrogens with two attached hydrogens (primary N) is 1. The summed E-state index contributed by atoms with van der Waals surface area (Å²) in [5.41, 5.74) is 5.92. The molecule has 2 atom stereocenters. The number of ether oxygens (including phenoxy) is 1. The van der Waals surface area contributed by atoms with E-state index in [1.165, 1.54) is 11.3 Å². The molecule has 17 heavy (non-hydrogen) atoms. The molecule has 1 aromatic rings. The monoisotopic (exact) mass is 255 g/mol. The Kier molecular flexibility index (Phi) is 4.09. The van der Waals surface area contributed by atoms with E-state index in [-0.39, 0.29) is 11.9 Å². The largest absolute Gasteiger partial charge is 0.381 e. The zero-order valence-electron chi connectivity index (χ0n) is 9.81. The number of amides is 1. The van der Waals surface area contributed by atoms with Crippen LogP contribution in [0.1, 0.15) is 28.8 Å². The smallest absolute Gasteiger partial charge is 0.270 e. The highest BCUT2D eigenvalue weighted by Gasteiger charge is 2.24. The lowest BCUT2D eigenvalue weighted by atomic mass is 10.0. The number of nitrogens with zero attached hydrogens (tertiary/aromatic N) is 1. The molecule has 1 saturated heterocycles. The highest BCUT2D eigenvalue weighted by Crippen LogP contribution is 2.17. The summed E-state index contributed by atoms with van der Waals surface area (Å²) < 4.78 is 5.31. The third kappa shape index (κ3) is 3.02. The number of hydrogen-bond acceptors (Lipinski definition) is 5. The van der Waals surface area contributed by atoms with Crippen LogP contribution < -0.4 is 11.1 Å². The van der Waals surface area contributed by atoms with Crippen LogP contribution in [0.15, 0.2) is 5.38 Å². The summed E-state index contributed by atoms with van der Waals surface area (Å²) in [4.78, 5) is 16.1. The second kappa shape index (κ2) is 5.57. The zero-order chi connectivity index (χ0) is 12.3. The number of carbonyl (C=O) groups excluding carboxylic acids is 1. The maximum absolute atomic E-state index is 11.9. The van der Waals surface area contributed by atoms with Gasteiger partial charge in [0.15, 0.2) is 0 Å². The maximum Gasteiger partial charge on any atom is 0.270 e. The summed E-state index contributed by atoms with van der Waals surface area (Å²) in [6.07, 6.45) is 1.01. The summed E-state index contributed by atoms with van der Waals surface area (Å²) in [5.74, 6) is 0.284. The molecule has 0 bridgehead atoms. The molecule has 3 N–H and O–H groups in total. The van der Waals surface area contributed by atoms with E-state index in [1.807, 2.05) is 6.92 Å². The van der Waals surface area contributed by atoms with Crippen LogP contribution in [0.3, 0.4) is 0 Å². The van der Waals surface area contributed by atoms with Crippen LogP contribution in [0, 0.1) is 5.92 Å². The van der Waals surface area contributed by atoms with Gasteiger partial charge in [-0.1, -0.05) is 0 Å². The molecule has 0 radical (unpaired) electrons. The summed E-state index contributed by atoms with van der Waals surface area (Å²) in [6, 6.07) is 0.119. The Bertz CT molecular complexity index is 388. The molecule has 1 aliphatic rings. The van der Waals surface area contributed by atoms with Crippen LogP contribution in [-0.4, -0.2) is 30.1 Å². The predicted octanol–water partition coefficient (Wildman–Crippen LogP) is 0.757. The number of rotatable bonds is 4. The van der Waals surface area contributed by atoms with Crippen molar-refractivity contribution in [1.82, 2.24) is 10.3 Å². The minimum Gasteiger partial charge on any atom is -0.381 e. The molecule has 1 aromatic heterocycles. The van der Waals surface area contributed by atoms with E-state index in [0.717, 1.165) is 24.6 Å². The Morgan fingerprint density at radius 3 is 3.24 bits per heavy atom. The number of hydrogen-bond donors (Lipinski definition) is 2. The van der Waals surface area contributed by atoms with Crippen molar-refractivity contribution in [3.63, 3.8) is 0 Å². The molecular weight excluding hydrogens is 238 g/mol. The van der Waals surface area contributed by atoms with Gasteiger partial charge in [-0.15, -0.1) is 11.3 Å². The summed E-state index contributed by atoms with van der Waals surface area (Å²) in [5, 5.41) is 5.49. The van der Waals surface area contributed by atoms with E-state index >= 15 is 0 Å². The Hall–Kier alpha value is -0.980. The van der Waals surface area contributed by atoms with E-state index in [1.54, 1.807) is 5.38 Å². The van der Waals surface area contributed by atoms with Gasteiger partial charge in [0.2, 0.25) is 0 Å². The van der Waals surface area contributed by atoms with E-state index in [0.29, 0.717) is 18.2 Å². The van der Waals surface area contributed by atoms with Gasteiger partial charge in [0.05, 0.1) is 6.61 Å². The molecule has 5 nitrogen and oxygen atoms in total. The predicted molar refractivity (Wildman–Crippen MR) is 65.9 cm³/mol. The van der Waals surface area contributed by atoms with Crippen molar-refractivity contribution in [3.05, 3.63) is 16.1 Å². The van der Waals surface area contributed by atoms with Crippen LogP contribution in [0.4, 0.5) is 0 Å². The Balaban J connectivity index is 1.91. The molecular formula is C11H17N3O2S. The zero-order valence-corrected chi connectivity index (χ0v) is 10.6. The standard InChI is InChI=1S/C11H17N3O2S/c1-7(8-2-3-16-5-8)13-11(15)9-6-17-10(4-12)14-9/h6-8H,2-5,12H2,1H3,(H,13,15). The highest BCUT2D eigenvalue weighted by atomic mass is 32.1. The van der Waals surface area contributed by atoms with Gasteiger partial charge in [-0.05, 0) is 13.3 Å². The third-order valence-corrected chi connectivity index (χ3v) is 3.86. The van der Waals surface area contributed by atoms with Gasteiger partial charge in [-0.25, -0.2) is 4.98 Å². The molecule has 1 amide bonds. The van der Waals surface area contributed by atoms with Gasteiger partial charge in [0, 0.05) is 30.5 Å². The fraction of sp³-hybridized carbons (Fsp3) is 0.636. The first kappa shape index (κ1) is 12.5. The molecule has 0 aliphatic carbocycles. The molecule has 1 fully saturated rings. The second-order valence-electron chi connectivity index (χ2n) is 4.22. The lowest BCUT2D eigenvalue weighted by Crippen LogP contribution is -2.38. The molecule has 94 valence electrons. The number of nitrogens with one attached hydrogen (secondary N) is 1. The first-order valence-electron chi connectivity index (χ1n) is 5.73. The van der Waals surface area contributed by atoms with E-state index in [4.69, 9.17) is 10.5 Å². The topological polar surface area (TPSA) is 77.2 Å². The van der Waals surface area contributed by atoms with Crippen molar-refractivity contribution in [2.24, 2.45) is 11.7 Å². The van der Waals surface area contributed by atoms with Crippen LogP contribution >= 0.6 is 11.3 Å². The fourth-order valence-corrected chi connectivity index (χ4v) is 2.51. The molecule has 2 unspecified atom stereocenters. The maximum atomic E-state index is 11.9. The molecule has 0 spiro atoms. The van der Waals surface area contributed by atoms with Crippen molar-refractivity contribution in [2.75, 3.05) is 13.2 Å². The van der Waals surface area contributed by atoms with E-state index < -0.39 is 0 Å². The number of carbonyl (C=O) groups is 1. The van der Waals surface area contributed by atoms with Gasteiger partial charge >= 0.3 is 0 Å². The number of aromatic nitrogens is 1. The first-order valence-corrected chi connectivity index (χ1v) is 6.61. The highest BCUT2D eigenvalue weighted by molar-refractivity contribution is 7.09. The van der Waals surface area contributed by atoms with Gasteiger partial charge in [-0.3, -0.25) is 4.79 Å². The van der Waals surface area contributed by atoms with E-state index in [9.17, 15) is 4.79 Å². The van der Waals surface area contributed by atoms with Gasteiger partial charge in [-0.2, -0.15) is 0 Å². The quantitative estimate of drug-likeness (QED) is 0.832. The fourth-order valence-electron chi connectivity index (χ4n) is 1.85. The van der Waals surface area contributed by atoms with Crippen LogP contribution in [0.5, 0.6) is 0 Å². The average Bonchev–Trinajstić information content (AvgIpc) is 3.00. The average molecular weight is 255 g/mol. The van der Waals surface area contributed by atoms with Crippen molar-refractivity contribution in [1.29, 1.82) is 0 Å². The third-order valence-electron chi connectivity index (χ3n) is 2.99. The lowest BCUT2D eigenvalue weighted by Gasteiger charge is -2.18. The molecule has 2 rings (SSSR count). The SMILES string of the molecule is CC(NC(=O)c1csc(CN)n1)C1CCOC1. The summed E-state index contributed by atoms with van der Waals surface area (Å²) in [7, 11) is 0. The Morgan fingerprint density at radius 2 is 2.65 bits per heavy atom. The van der Waals surface area contributed by atoms with Gasteiger partial charge in [0.1, 0.15) is 10.7 Å². The van der Waals surface area contributed by atoms with E-state index in [2.05, 4.69) is 10.3 Å². The minimum atomic E-state index is -0.125. The van der Waals surface area contributed by atoms with Crippen molar-refractivity contribution in [3.8, 4) is 0 Å². The normalized spacial score (nSPS) is 21.4. The second-order valence-corrected chi connectivity index (χ2v) is 5.16. The van der Waals surface area contributed by atoms with Crippen LogP contribution in [0.2, 0.25) is 0 Å². The molecule has 1 aliphatic heterocycles. The molecule has 2 heterocycles. The Labute approximate surface area is 104 Å². The van der Waals surface area contributed by atoms with Crippen molar-refractivity contribution < 1.29 is 9.53 Å². The number of thiazole rings is 1. The van der Waals surface area contributed by atoms with Crippen molar-refractivity contribution in [2.45, 2.75) is 25.9 Å². The van der Waals surface area contributed by atoms with Crippen LogP contribution in [-0.2, 0) is 11.3 Å². The first-order chi connectivity index (χ1) is 8.20.